The molecule has 5 rings (SSSR count). The van der Waals surface area contributed by atoms with Crippen LogP contribution in [0.15, 0.2) is 0 Å². The van der Waals surface area contributed by atoms with Crippen molar-refractivity contribution in [3.8, 4) is 0 Å². The fourth-order valence-electron chi connectivity index (χ4n) is 6.70. The van der Waals surface area contributed by atoms with Crippen molar-refractivity contribution in [2.75, 3.05) is 6.61 Å². The summed E-state index contributed by atoms with van der Waals surface area (Å²) in [4.78, 5) is 25.5. The number of imide groups is 1. The van der Waals surface area contributed by atoms with Crippen molar-refractivity contribution in [3.63, 3.8) is 0 Å². The summed E-state index contributed by atoms with van der Waals surface area (Å²) in [7, 11) is 0. The molecule has 138 valence electrons. The average Bonchev–Trinajstić information content (AvgIpc) is 3.33. The fourth-order valence-corrected chi connectivity index (χ4v) is 6.70. The van der Waals surface area contributed by atoms with Gasteiger partial charge in [0.25, 0.3) is 0 Å². The van der Waals surface area contributed by atoms with Crippen molar-refractivity contribution in [2.24, 2.45) is 11.3 Å². The van der Waals surface area contributed by atoms with Crippen LogP contribution in [-0.4, -0.2) is 47.6 Å². The average molecular weight is 346 g/mol. The Labute approximate surface area is 149 Å². The van der Waals surface area contributed by atoms with E-state index in [4.69, 9.17) is 4.74 Å². The molecular formula is C20H30N2O3. The van der Waals surface area contributed by atoms with E-state index in [9.17, 15) is 9.59 Å². The van der Waals surface area contributed by atoms with Gasteiger partial charge in [-0.15, -0.1) is 0 Å². The smallest absolute Gasteiger partial charge is 0.229 e. The van der Waals surface area contributed by atoms with Crippen molar-refractivity contribution < 1.29 is 14.3 Å². The summed E-state index contributed by atoms with van der Waals surface area (Å²) in [6.07, 6.45) is 12.1. The summed E-state index contributed by atoms with van der Waals surface area (Å²) < 4.78 is 6.10. The monoisotopic (exact) mass is 346 g/mol. The minimum atomic E-state index is 0.0521. The van der Waals surface area contributed by atoms with Gasteiger partial charge in [-0.05, 0) is 44.9 Å². The molecule has 0 bridgehead atoms. The molecule has 0 aromatic rings. The Morgan fingerprint density at radius 2 is 1.64 bits per heavy atom. The molecule has 3 aliphatic carbocycles. The number of nitrogens with zero attached hydrogens (tertiary/aromatic N) is 1. The lowest BCUT2D eigenvalue weighted by atomic mass is 9.54. The largest absolute Gasteiger partial charge is 0.377 e. The lowest BCUT2D eigenvalue weighted by Crippen LogP contribution is -2.69. The van der Waals surface area contributed by atoms with E-state index in [1.54, 1.807) is 4.90 Å². The van der Waals surface area contributed by atoms with Crippen LogP contribution in [0.1, 0.15) is 70.6 Å². The zero-order chi connectivity index (χ0) is 17.0. The Hall–Kier alpha value is -0.940. The van der Waals surface area contributed by atoms with Gasteiger partial charge < -0.3 is 10.1 Å². The van der Waals surface area contributed by atoms with Gasteiger partial charge in [0.1, 0.15) is 0 Å². The summed E-state index contributed by atoms with van der Waals surface area (Å²) >= 11 is 0. The van der Waals surface area contributed by atoms with Crippen molar-refractivity contribution in [1.82, 2.24) is 10.2 Å². The van der Waals surface area contributed by atoms with E-state index in [-0.39, 0.29) is 17.9 Å². The number of carbonyl (C=O) groups excluding carboxylic acids is 2. The third-order valence-corrected chi connectivity index (χ3v) is 7.85. The number of likely N-dealkylation sites (tertiary alicyclic amines) is 1. The highest BCUT2D eigenvalue weighted by Crippen LogP contribution is 2.60. The van der Waals surface area contributed by atoms with E-state index in [1.165, 1.54) is 32.1 Å². The summed E-state index contributed by atoms with van der Waals surface area (Å²) in [6.45, 7) is 0.946. The molecule has 1 spiro atoms. The van der Waals surface area contributed by atoms with Crippen LogP contribution in [0.4, 0.5) is 0 Å². The maximum absolute atomic E-state index is 12.0. The van der Waals surface area contributed by atoms with Gasteiger partial charge in [-0.1, -0.05) is 12.8 Å². The Morgan fingerprint density at radius 1 is 0.960 bits per heavy atom. The third kappa shape index (κ3) is 2.42. The van der Waals surface area contributed by atoms with Crippen LogP contribution >= 0.6 is 0 Å². The highest BCUT2D eigenvalue weighted by molar-refractivity contribution is 6.02. The summed E-state index contributed by atoms with van der Waals surface area (Å²) in [6, 6.07) is 1.34. The van der Waals surface area contributed by atoms with Gasteiger partial charge in [-0.2, -0.15) is 0 Å². The van der Waals surface area contributed by atoms with Gasteiger partial charge in [0, 0.05) is 48.9 Å². The first-order chi connectivity index (χ1) is 12.2. The summed E-state index contributed by atoms with van der Waals surface area (Å²) in [5.74, 6) is 0.824. The highest BCUT2D eigenvalue weighted by atomic mass is 16.5. The normalized spacial score (nSPS) is 42.9. The highest BCUT2D eigenvalue weighted by Gasteiger charge is 2.64. The second-order valence-corrected chi connectivity index (χ2v) is 8.99. The zero-order valence-corrected chi connectivity index (χ0v) is 15.0. The molecule has 0 radical (unpaired) electrons. The third-order valence-electron chi connectivity index (χ3n) is 7.85. The minimum Gasteiger partial charge on any atom is -0.377 e. The number of hydrogen-bond donors (Lipinski definition) is 1. The molecule has 2 aliphatic heterocycles. The van der Waals surface area contributed by atoms with Crippen molar-refractivity contribution in [3.05, 3.63) is 0 Å². The first kappa shape index (κ1) is 16.2. The lowest BCUT2D eigenvalue weighted by Gasteiger charge is -2.58. The second kappa shape index (κ2) is 6.05. The van der Waals surface area contributed by atoms with Gasteiger partial charge in [-0.25, -0.2) is 0 Å². The minimum absolute atomic E-state index is 0.0521. The maximum atomic E-state index is 12.0. The standard InChI is InChI=1S/C20H30N2O3/c23-16-7-8-17(24)22(16)14-5-3-13(4-6-14)21-18-15-9-12-25-19(15)20(18)10-1-2-11-20/h13-15,18-19,21H,1-12H2/t13?,14?,15-,18+,19-/m0/s1. The molecule has 0 unspecified atom stereocenters. The number of amides is 2. The number of rotatable bonds is 3. The van der Waals surface area contributed by atoms with Crippen LogP contribution in [0.2, 0.25) is 0 Å². The van der Waals surface area contributed by atoms with Crippen molar-refractivity contribution >= 4 is 11.8 Å². The fraction of sp³-hybridized carbons (Fsp3) is 0.900. The Bertz CT molecular complexity index is 547. The topological polar surface area (TPSA) is 58.6 Å². The van der Waals surface area contributed by atoms with Crippen LogP contribution < -0.4 is 5.32 Å². The Morgan fingerprint density at radius 3 is 2.32 bits per heavy atom. The molecule has 1 N–H and O–H groups in total. The van der Waals surface area contributed by atoms with Crippen molar-refractivity contribution in [2.45, 2.75) is 94.9 Å². The molecule has 5 fully saturated rings. The van der Waals surface area contributed by atoms with E-state index in [0.717, 1.165) is 38.2 Å². The molecular weight excluding hydrogens is 316 g/mol. The first-order valence-corrected chi connectivity index (χ1v) is 10.4. The van der Waals surface area contributed by atoms with E-state index in [1.807, 2.05) is 0 Å². The van der Waals surface area contributed by atoms with Gasteiger partial charge in [0.2, 0.25) is 11.8 Å². The number of fused-ring (bicyclic) bond motifs is 2. The van der Waals surface area contributed by atoms with E-state index >= 15 is 0 Å². The first-order valence-electron chi connectivity index (χ1n) is 10.4. The van der Waals surface area contributed by atoms with Gasteiger partial charge in [-0.3, -0.25) is 14.5 Å². The summed E-state index contributed by atoms with van der Waals surface area (Å²) in [5, 5.41) is 4.02. The number of hydrogen-bond acceptors (Lipinski definition) is 4. The zero-order valence-electron chi connectivity index (χ0n) is 15.0. The van der Waals surface area contributed by atoms with E-state index < -0.39 is 0 Å². The SMILES string of the molecule is O=C1CCC(=O)N1C1CCC(N[C@@H]2[C@@H]3CCO[C@@H]3C23CCCC3)CC1. The van der Waals surface area contributed by atoms with Crippen LogP contribution in [0, 0.1) is 11.3 Å². The predicted octanol–water partition coefficient (Wildman–Crippen LogP) is 2.38. The van der Waals surface area contributed by atoms with Crippen LogP contribution in [0.3, 0.4) is 0 Å². The van der Waals surface area contributed by atoms with E-state index in [0.29, 0.717) is 36.4 Å². The van der Waals surface area contributed by atoms with Gasteiger partial charge in [0.15, 0.2) is 0 Å². The van der Waals surface area contributed by atoms with Gasteiger partial charge >= 0.3 is 0 Å². The molecule has 0 aromatic carbocycles. The quantitative estimate of drug-likeness (QED) is 0.797. The number of nitrogens with one attached hydrogen (secondary N) is 1. The predicted molar refractivity (Wildman–Crippen MR) is 92.8 cm³/mol. The molecule has 3 atom stereocenters. The lowest BCUT2D eigenvalue weighted by molar-refractivity contribution is -0.143. The van der Waals surface area contributed by atoms with Gasteiger partial charge in [0.05, 0.1) is 6.10 Å². The second-order valence-electron chi connectivity index (χ2n) is 8.99. The van der Waals surface area contributed by atoms with Crippen LogP contribution in [0.25, 0.3) is 0 Å². The van der Waals surface area contributed by atoms with Crippen LogP contribution in [-0.2, 0) is 14.3 Å². The molecule has 5 heteroatoms. The molecule has 3 saturated carbocycles. The Kier molecular flexibility index (Phi) is 3.93. The molecule has 2 heterocycles. The van der Waals surface area contributed by atoms with E-state index in [2.05, 4.69) is 5.32 Å². The van der Waals surface area contributed by atoms with Crippen molar-refractivity contribution in [1.29, 1.82) is 0 Å². The summed E-state index contributed by atoms with van der Waals surface area (Å²) in [5.41, 5.74) is 0.416. The number of carbonyl (C=O) groups is 2. The maximum Gasteiger partial charge on any atom is 0.229 e. The molecule has 25 heavy (non-hydrogen) atoms. The molecule has 2 amide bonds. The molecule has 2 saturated heterocycles. The molecule has 5 aliphatic rings. The molecule has 5 nitrogen and oxygen atoms in total. The number of ether oxygens (including phenoxy) is 1. The van der Waals surface area contributed by atoms with Crippen LogP contribution in [0.5, 0.6) is 0 Å². The Balaban J connectivity index is 1.20. The molecule has 0 aromatic heterocycles.